The van der Waals surface area contributed by atoms with Crippen LogP contribution in [0.25, 0.3) is 0 Å². The van der Waals surface area contributed by atoms with Crippen LogP contribution >= 0.6 is 11.6 Å². The van der Waals surface area contributed by atoms with E-state index >= 15 is 0 Å². The van der Waals surface area contributed by atoms with Gasteiger partial charge in [0.25, 0.3) is 0 Å². The number of hydrogen-bond acceptors (Lipinski definition) is 1. The van der Waals surface area contributed by atoms with Gasteiger partial charge < -0.3 is 5.32 Å². The minimum absolute atomic E-state index is 0.216. The van der Waals surface area contributed by atoms with Gasteiger partial charge in [-0.2, -0.15) is 0 Å². The van der Waals surface area contributed by atoms with E-state index in [0.29, 0.717) is 17.0 Å². The van der Waals surface area contributed by atoms with Crippen LogP contribution in [0.5, 0.6) is 0 Å². The van der Waals surface area contributed by atoms with E-state index in [0.717, 1.165) is 24.6 Å². The van der Waals surface area contributed by atoms with Crippen molar-refractivity contribution in [2.45, 2.75) is 12.8 Å². The van der Waals surface area contributed by atoms with Crippen LogP contribution in [-0.4, -0.2) is 13.6 Å². The van der Waals surface area contributed by atoms with Crippen molar-refractivity contribution in [2.24, 2.45) is 5.92 Å². The summed E-state index contributed by atoms with van der Waals surface area (Å²) < 4.78 is 26.7. The highest BCUT2D eigenvalue weighted by atomic mass is 35.5. The minimum atomic E-state index is -0.545. The van der Waals surface area contributed by atoms with E-state index < -0.39 is 11.6 Å². The Hall–Kier alpha value is -1.45. The highest BCUT2D eigenvalue weighted by Gasteiger charge is 2.13. The van der Waals surface area contributed by atoms with Crippen LogP contribution in [0.4, 0.5) is 8.78 Å². The van der Waals surface area contributed by atoms with Gasteiger partial charge in [-0.15, -0.1) is 0 Å². The van der Waals surface area contributed by atoms with E-state index in [9.17, 15) is 8.78 Å². The van der Waals surface area contributed by atoms with Crippen LogP contribution in [0, 0.1) is 17.6 Å². The van der Waals surface area contributed by atoms with Crippen molar-refractivity contribution < 1.29 is 8.78 Å². The Labute approximate surface area is 128 Å². The fourth-order valence-electron chi connectivity index (χ4n) is 2.50. The minimum Gasteiger partial charge on any atom is -0.319 e. The predicted octanol–water partition coefficient (Wildman–Crippen LogP) is 4.24. The first kappa shape index (κ1) is 15.9. The summed E-state index contributed by atoms with van der Waals surface area (Å²) in [4.78, 5) is 0. The summed E-state index contributed by atoms with van der Waals surface area (Å²) in [5.41, 5.74) is 1.66. The van der Waals surface area contributed by atoms with Gasteiger partial charge in [-0.3, -0.25) is 0 Å². The van der Waals surface area contributed by atoms with Gasteiger partial charge in [0.1, 0.15) is 11.6 Å². The Balaban J connectivity index is 2.11. The zero-order valence-corrected chi connectivity index (χ0v) is 12.6. The van der Waals surface area contributed by atoms with Gasteiger partial charge in [-0.05, 0) is 61.7 Å². The van der Waals surface area contributed by atoms with E-state index in [4.69, 9.17) is 11.6 Å². The largest absolute Gasteiger partial charge is 0.319 e. The summed E-state index contributed by atoms with van der Waals surface area (Å²) in [5.74, 6) is -0.813. The van der Waals surface area contributed by atoms with E-state index in [1.807, 2.05) is 31.3 Å². The second-order valence-electron chi connectivity index (χ2n) is 5.20. The third-order valence-corrected chi connectivity index (χ3v) is 3.67. The second kappa shape index (κ2) is 7.53. The van der Waals surface area contributed by atoms with E-state index in [2.05, 4.69) is 5.32 Å². The maximum absolute atomic E-state index is 13.8. The molecular formula is C17H18ClF2N. The van der Waals surface area contributed by atoms with E-state index in [1.54, 1.807) is 0 Å². The lowest BCUT2D eigenvalue weighted by Gasteiger charge is -2.17. The molecule has 0 amide bonds. The van der Waals surface area contributed by atoms with Gasteiger partial charge in [0.2, 0.25) is 0 Å². The number of halogens is 3. The van der Waals surface area contributed by atoms with Crippen molar-refractivity contribution in [3.8, 4) is 0 Å². The van der Waals surface area contributed by atoms with Crippen LogP contribution in [0.1, 0.15) is 11.1 Å². The molecule has 0 bridgehead atoms. The maximum Gasteiger partial charge on any atom is 0.129 e. The lowest BCUT2D eigenvalue weighted by molar-refractivity contribution is 0.477. The molecule has 1 nitrogen and oxygen atoms in total. The van der Waals surface area contributed by atoms with Crippen molar-refractivity contribution in [2.75, 3.05) is 13.6 Å². The van der Waals surface area contributed by atoms with Gasteiger partial charge in [-0.25, -0.2) is 8.78 Å². The van der Waals surface area contributed by atoms with E-state index in [1.165, 1.54) is 12.1 Å². The van der Waals surface area contributed by atoms with Crippen LogP contribution < -0.4 is 5.32 Å². The summed E-state index contributed by atoms with van der Waals surface area (Å²) in [7, 11) is 1.87. The average Bonchev–Trinajstić information content (AvgIpc) is 2.42. The quantitative estimate of drug-likeness (QED) is 0.841. The molecule has 2 aromatic rings. The topological polar surface area (TPSA) is 12.0 Å². The first-order valence-corrected chi connectivity index (χ1v) is 7.29. The fraction of sp³-hybridized carbons (Fsp3) is 0.294. The highest BCUT2D eigenvalue weighted by Crippen LogP contribution is 2.19. The zero-order valence-electron chi connectivity index (χ0n) is 11.9. The first-order chi connectivity index (χ1) is 10.1. The standard InChI is InChI=1S/C17H18ClF2N/c1-21-11-13(7-12-3-2-4-15(18)9-12)8-14-5-6-16(19)10-17(14)20/h2-6,9-10,13,21H,7-8,11H2,1H3. The summed E-state index contributed by atoms with van der Waals surface area (Å²) in [5, 5.41) is 3.82. The second-order valence-corrected chi connectivity index (χ2v) is 5.63. The molecule has 0 aliphatic rings. The van der Waals surface area contributed by atoms with Crippen molar-refractivity contribution in [1.29, 1.82) is 0 Å². The molecule has 0 saturated carbocycles. The van der Waals surface area contributed by atoms with Crippen LogP contribution in [0.3, 0.4) is 0 Å². The molecule has 1 N–H and O–H groups in total. The van der Waals surface area contributed by atoms with Gasteiger partial charge in [0.15, 0.2) is 0 Å². The van der Waals surface area contributed by atoms with Crippen molar-refractivity contribution >= 4 is 11.6 Å². The molecule has 1 unspecified atom stereocenters. The van der Waals surface area contributed by atoms with Gasteiger partial charge in [0, 0.05) is 11.1 Å². The molecule has 21 heavy (non-hydrogen) atoms. The Morgan fingerprint density at radius 3 is 2.57 bits per heavy atom. The Kier molecular flexibility index (Phi) is 5.71. The van der Waals surface area contributed by atoms with Crippen LogP contribution in [0.2, 0.25) is 5.02 Å². The summed E-state index contributed by atoms with van der Waals surface area (Å²) >= 11 is 5.99. The number of benzene rings is 2. The predicted molar refractivity (Wildman–Crippen MR) is 82.6 cm³/mol. The lowest BCUT2D eigenvalue weighted by Crippen LogP contribution is -2.23. The summed E-state index contributed by atoms with van der Waals surface area (Å²) in [6.45, 7) is 0.753. The lowest BCUT2D eigenvalue weighted by atomic mass is 9.92. The molecule has 0 aromatic heterocycles. The molecule has 0 heterocycles. The van der Waals surface area contributed by atoms with Crippen molar-refractivity contribution in [3.63, 3.8) is 0 Å². The summed E-state index contributed by atoms with van der Waals surface area (Å²) in [6, 6.07) is 11.4. The SMILES string of the molecule is CNCC(Cc1cccc(Cl)c1)Cc1ccc(F)cc1F. The normalized spacial score (nSPS) is 12.4. The monoisotopic (exact) mass is 309 g/mol. The molecule has 0 aliphatic carbocycles. The summed E-state index contributed by atoms with van der Waals surface area (Å²) in [6.07, 6.45) is 1.34. The average molecular weight is 310 g/mol. The smallest absolute Gasteiger partial charge is 0.129 e. The van der Waals surface area contributed by atoms with Gasteiger partial charge >= 0.3 is 0 Å². The third-order valence-electron chi connectivity index (χ3n) is 3.43. The van der Waals surface area contributed by atoms with Gasteiger partial charge in [-0.1, -0.05) is 29.8 Å². The molecule has 112 valence electrons. The first-order valence-electron chi connectivity index (χ1n) is 6.91. The van der Waals surface area contributed by atoms with Crippen molar-refractivity contribution in [3.05, 3.63) is 70.2 Å². The molecule has 4 heteroatoms. The van der Waals surface area contributed by atoms with Crippen LogP contribution in [-0.2, 0) is 12.8 Å². The Bertz CT molecular complexity index is 601. The molecule has 0 radical (unpaired) electrons. The van der Waals surface area contributed by atoms with Gasteiger partial charge in [0.05, 0.1) is 0 Å². The molecule has 0 saturated heterocycles. The Morgan fingerprint density at radius 2 is 1.90 bits per heavy atom. The number of hydrogen-bond donors (Lipinski definition) is 1. The molecule has 0 spiro atoms. The molecule has 2 rings (SSSR count). The molecule has 0 fully saturated rings. The molecule has 2 aromatic carbocycles. The molecular weight excluding hydrogens is 292 g/mol. The number of rotatable bonds is 6. The Morgan fingerprint density at radius 1 is 1.10 bits per heavy atom. The molecule has 0 aliphatic heterocycles. The number of nitrogens with one attached hydrogen (secondary N) is 1. The van der Waals surface area contributed by atoms with Crippen molar-refractivity contribution in [1.82, 2.24) is 5.32 Å². The van der Waals surface area contributed by atoms with E-state index in [-0.39, 0.29) is 5.92 Å². The maximum atomic E-state index is 13.8. The fourth-order valence-corrected chi connectivity index (χ4v) is 2.71. The zero-order chi connectivity index (χ0) is 15.2. The third kappa shape index (κ3) is 4.80. The molecule has 1 atom stereocenters. The highest BCUT2D eigenvalue weighted by molar-refractivity contribution is 6.30. The van der Waals surface area contributed by atoms with Crippen LogP contribution in [0.15, 0.2) is 42.5 Å².